The van der Waals surface area contributed by atoms with E-state index < -0.39 is 6.29 Å². The Morgan fingerprint density at radius 2 is 1.49 bits per heavy atom. The summed E-state index contributed by atoms with van der Waals surface area (Å²) in [5.41, 5.74) is 13.7. The van der Waals surface area contributed by atoms with Crippen molar-refractivity contribution in [2.24, 2.45) is 0 Å². The molecule has 0 saturated carbocycles. The number of amides is 2. The van der Waals surface area contributed by atoms with Crippen molar-refractivity contribution in [1.29, 1.82) is 0 Å². The van der Waals surface area contributed by atoms with Gasteiger partial charge in [0.2, 0.25) is 17.0 Å². The van der Waals surface area contributed by atoms with E-state index in [0.717, 1.165) is 64.8 Å². The number of ether oxygens (including phenoxy) is 2. The van der Waals surface area contributed by atoms with Crippen LogP contribution in [0, 0.1) is 0 Å². The summed E-state index contributed by atoms with van der Waals surface area (Å²) in [7, 11) is 0. The van der Waals surface area contributed by atoms with E-state index in [2.05, 4.69) is 50.4 Å². The summed E-state index contributed by atoms with van der Waals surface area (Å²) in [6.45, 7) is 0.401. The van der Waals surface area contributed by atoms with Gasteiger partial charge in [0, 0.05) is 37.1 Å². The SMILES string of the molecule is Nc1ccccc1NC(=O)CCCCCCC(=O)NCc1cccc(-c2cccc(C3OC(CSc4nnnn4-c4ccccc4)CC(c4ccc(CO)cc4)O3)c2)c1. The highest BCUT2D eigenvalue weighted by atomic mass is 32.2. The van der Waals surface area contributed by atoms with E-state index in [0.29, 0.717) is 48.1 Å². The lowest BCUT2D eigenvalue weighted by Crippen LogP contribution is -2.31. The van der Waals surface area contributed by atoms with Gasteiger partial charge >= 0.3 is 0 Å². The number of nitrogen functional groups attached to an aromatic ring is 1. The summed E-state index contributed by atoms with van der Waals surface area (Å²) in [4.78, 5) is 25.0. The van der Waals surface area contributed by atoms with Crippen molar-refractivity contribution in [1.82, 2.24) is 25.5 Å². The Morgan fingerprint density at radius 1 is 0.763 bits per heavy atom. The number of nitrogens with two attached hydrogens (primary N) is 1. The number of aliphatic hydroxyl groups is 1. The van der Waals surface area contributed by atoms with Crippen LogP contribution in [0.3, 0.4) is 0 Å². The predicted molar refractivity (Wildman–Crippen MR) is 229 cm³/mol. The Bertz CT molecular complexity index is 2290. The maximum absolute atomic E-state index is 12.7. The van der Waals surface area contributed by atoms with Crippen molar-refractivity contribution in [3.63, 3.8) is 0 Å². The van der Waals surface area contributed by atoms with Crippen molar-refractivity contribution in [3.05, 3.63) is 150 Å². The molecule has 5 aromatic carbocycles. The number of benzene rings is 5. The predicted octanol–water partition coefficient (Wildman–Crippen LogP) is 8.34. The quantitative estimate of drug-likeness (QED) is 0.0377. The van der Waals surface area contributed by atoms with Crippen LogP contribution >= 0.6 is 11.8 Å². The third-order valence-electron chi connectivity index (χ3n) is 10.2. The van der Waals surface area contributed by atoms with Gasteiger partial charge in [-0.15, -0.1) is 5.10 Å². The van der Waals surface area contributed by atoms with Crippen LogP contribution in [0.5, 0.6) is 0 Å². The number of thioether (sulfide) groups is 1. The summed E-state index contributed by atoms with van der Waals surface area (Å²) < 4.78 is 15.0. The molecular weight excluding hydrogens is 763 g/mol. The molecule has 0 aliphatic carbocycles. The van der Waals surface area contributed by atoms with Crippen molar-refractivity contribution in [3.8, 4) is 16.8 Å². The highest BCUT2D eigenvalue weighted by molar-refractivity contribution is 7.99. The fourth-order valence-electron chi connectivity index (χ4n) is 6.95. The van der Waals surface area contributed by atoms with Crippen molar-refractivity contribution in [2.75, 3.05) is 16.8 Å². The molecule has 5 N–H and O–H groups in total. The number of hydrogen-bond acceptors (Lipinski definition) is 10. The molecular formula is C46H49N7O5S. The number of para-hydroxylation sites is 3. The van der Waals surface area contributed by atoms with Crippen molar-refractivity contribution < 1.29 is 24.2 Å². The minimum atomic E-state index is -0.629. The van der Waals surface area contributed by atoms with Gasteiger partial charge in [-0.25, -0.2) is 0 Å². The zero-order valence-corrected chi connectivity index (χ0v) is 33.6. The molecule has 13 heteroatoms. The molecule has 0 spiro atoms. The third kappa shape index (κ3) is 11.6. The molecule has 304 valence electrons. The number of tetrazole rings is 1. The highest BCUT2D eigenvalue weighted by Crippen LogP contribution is 2.40. The van der Waals surface area contributed by atoms with Crippen LogP contribution in [0.4, 0.5) is 11.4 Å². The molecule has 6 aromatic rings. The summed E-state index contributed by atoms with van der Waals surface area (Å²) in [5.74, 6) is 0.557. The average Bonchev–Trinajstić information content (AvgIpc) is 3.76. The lowest BCUT2D eigenvalue weighted by atomic mass is 9.99. The second kappa shape index (κ2) is 20.7. The van der Waals surface area contributed by atoms with E-state index in [4.69, 9.17) is 15.2 Å². The third-order valence-corrected chi connectivity index (χ3v) is 11.2. The van der Waals surface area contributed by atoms with E-state index in [9.17, 15) is 14.7 Å². The zero-order chi connectivity index (χ0) is 40.8. The average molecular weight is 812 g/mol. The lowest BCUT2D eigenvalue weighted by Gasteiger charge is -2.36. The molecule has 59 heavy (non-hydrogen) atoms. The van der Waals surface area contributed by atoms with Crippen LogP contribution < -0.4 is 16.4 Å². The number of aromatic nitrogens is 4. The maximum atomic E-state index is 12.7. The van der Waals surface area contributed by atoms with Gasteiger partial charge in [0.1, 0.15) is 0 Å². The molecule has 2 amide bonds. The van der Waals surface area contributed by atoms with E-state index in [1.54, 1.807) is 16.8 Å². The summed E-state index contributed by atoms with van der Waals surface area (Å²) in [6, 6.07) is 41.2. The van der Waals surface area contributed by atoms with Crippen LogP contribution in [0.1, 0.15) is 79.6 Å². The minimum absolute atomic E-state index is 0.00568. The highest BCUT2D eigenvalue weighted by Gasteiger charge is 2.33. The van der Waals surface area contributed by atoms with Gasteiger partial charge in [-0.05, 0) is 87.5 Å². The van der Waals surface area contributed by atoms with Gasteiger partial charge in [0.25, 0.3) is 0 Å². The fourth-order valence-corrected chi connectivity index (χ4v) is 7.86. The van der Waals surface area contributed by atoms with E-state index in [-0.39, 0.29) is 30.6 Å². The Balaban J connectivity index is 0.934. The van der Waals surface area contributed by atoms with Gasteiger partial charge in [-0.1, -0.05) is 116 Å². The Labute approximate surface area is 348 Å². The topological polar surface area (TPSA) is 167 Å². The van der Waals surface area contributed by atoms with Gasteiger partial charge < -0.3 is 30.9 Å². The molecule has 0 bridgehead atoms. The minimum Gasteiger partial charge on any atom is -0.397 e. The first kappa shape index (κ1) is 41.3. The molecule has 1 aliphatic rings. The Morgan fingerprint density at radius 3 is 2.27 bits per heavy atom. The number of aliphatic hydroxyl groups excluding tert-OH is 1. The maximum Gasteiger partial charge on any atom is 0.224 e. The zero-order valence-electron chi connectivity index (χ0n) is 32.8. The Kier molecular flexibility index (Phi) is 14.5. The number of nitrogens with zero attached hydrogens (tertiary/aromatic N) is 4. The van der Waals surface area contributed by atoms with Crippen LogP contribution in [0.2, 0.25) is 0 Å². The summed E-state index contributed by atoms with van der Waals surface area (Å²) >= 11 is 1.54. The first-order chi connectivity index (χ1) is 28.9. The standard InChI is InChI=1S/C46H49N7O5S/c47-40-18-8-9-19-41(40)49-44(56)21-7-2-1-6-20-43(55)48-29-33-12-10-13-35(26-33)36-14-11-15-37(27-36)45-57-39(28-42(58-45)34-24-22-32(30-54)23-25-34)31-59-46-50-51-52-53(46)38-16-4-3-5-17-38/h3-5,8-19,22-27,39,42,45,54H,1-2,6-7,20-21,28-31,47H2,(H,48,55)(H,49,56). The van der Waals surface area contributed by atoms with Gasteiger partial charge in [0.15, 0.2) is 6.29 Å². The van der Waals surface area contributed by atoms with Gasteiger partial charge in [-0.2, -0.15) is 4.68 Å². The number of hydrogen-bond donors (Lipinski definition) is 4. The van der Waals surface area contributed by atoms with Crippen LogP contribution in [-0.4, -0.2) is 49.0 Å². The molecule has 7 rings (SSSR count). The number of carbonyl (C=O) groups is 2. The van der Waals surface area contributed by atoms with E-state index >= 15 is 0 Å². The van der Waals surface area contributed by atoms with Crippen LogP contribution in [-0.2, 0) is 32.2 Å². The Hall–Kier alpha value is -5.86. The monoisotopic (exact) mass is 811 g/mol. The summed E-state index contributed by atoms with van der Waals surface area (Å²) in [6.07, 6.45) is 3.71. The first-order valence-corrected chi connectivity index (χ1v) is 21.0. The molecule has 0 radical (unpaired) electrons. The largest absolute Gasteiger partial charge is 0.397 e. The molecule has 3 atom stereocenters. The molecule has 1 aliphatic heterocycles. The lowest BCUT2D eigenvalue weighted by molar-refractivity contribution is -0.245. The molecule has 1 aromatic heterocycles. The smallest absolute Gasteiger partial charge is 0.224 e. The normalized spacial score (nSPS) is 16.4. The molecule has 1 fully saturated rings. The number of anilines is 2. The molecule has 2 heterocycles. The fraction of sp³-hybridized carbons (Fsp3) is 0.283. The van der Waals surface area contributed by atoms with Crippen molar-refractivity contribution in [2.45, 2.75) is 81.8 Å². The number of nitrogens with one attached hydrogen (secondary N) is 2. The number of unbranched alkanes of at least 4 members (excludes halogenated alkanes) is 3. The molecule has 1 saturated heterocycles. The summed E-state index contributed by atoms with van der Waals surface area (Å²) in [5, 5.41) is 28.6. The van der Waals surface area contributed by atoms with Crippen LogP contribution in [0.15, 0.2) is 133 Å². The van der Waals surface area contributed by atoms with E-state index in [1.165, 1.54) is 11.8 Å². The van der Waals surface area contributed by atoms with Gasteiger partial charge in [-0.3, -0.25) is 9.59 Å². The molecule has 12 nitrogen and oxygen atoms in total. The molecule has 3 unspecified atom stereocenters. The van der Waals surface area contributed by atoms with Crippen molar-refractivity contribution >= 4 is 35.0 Å². The second-order valence-corrected chi connectivity index (χ2v) is 15.5. The number of carbonyl (C=O) groups excluding carboxylic acids is 2. The van der Waals surface area contributed by atoms with Gasteiger partial charge in [0.05, 0.1) is 35.9 Å². The second-order valence-electron chi connectivity index (χ2n) is 14.5. The van der Waals surface area contributed by atoms with E-state index in [1.807, 2.05) is 91.0 Å². The first-order valence-electron chi connectivity index (χ1n) is 20.0. The van der Waals surface area contributed by atoms with Crippen LogP contribution in [0.25, 0.3) is 16.8 Å². The number of rotatable bonds is 18.